The predicted molar refractivity (Wildman–Crippen MR) is 133 cm³/mol. The molecule has 4 rings (SSSR count). The zero-order valence-corrected chi connectivity index (χ0v) is 20.2. The number of anilines is 1. The van der Waals surface area contributed by atoms with E-state index in [0.717, 1.165) is 11.1 Å². The third-order valence-electron chi connectivity index (χ3n) is 5.38. The van der Waals surface area contributed by atoms with Crippen molar-refractivity contribution in [3.63, 3.8) is 0 Å². The Bertz CT molecular complexity index is 1450. The van der Waals surface area contributed by atoms with E-state index >= 15 is 0 Å². The van der Waals surface area contributed by atoms with E-state index in [1.54, 1.807) is 31.5 Å². The van der Waals surface area contributed by atoms with E-state index in [0.29, 0.717) is 22.2 Å². The number of amides is 2. The molecule has 2 amide bonds. The lowest BCUT2D eigenvalue weighted by Crippen LogP contribution is -2.27. The van der Waals surface area contributed by atoms with Gasteiger partial charge in [0.25, 0.3) is 10.0 Å². The van der Waals surface area contributed by atoms with E-state index in [9.17, 15) is 18.0 Å². The van der Waals surface area contributed by atoms with Crippen LogP contribution in [0, 0.1) is 0 Å². The standard InChI is InChI=1S/C24H23N3O5S2/c1-26(2)24(30)25-19-5-7-20(8-6-19)34(31,32)27-14-17(4-10-23(28)29)21-13-16(3-9-22(21)27)18-11-12-33-15-18/h3,5-9,11-15H,4,10H2,1-2H3,(H,25,30)(H,28,29). The first-order chi connectivity index (χ1) is 16.2. The molecule has 0 atom stereocenters. The maximum atomic E-state index is 13.5. The lowest BCUT2D eigenvalue weighted by atomic mass is 10.0. The Hall–Kier alpha value is -3.63. The monoisotopic (exact) mass is 497 g/mol. The van der Waals surface area contributed by atoms with Gasteiger partial charge in [0.15, 0.2) is 0 Å². The number of nitrogens with one attached hydrogen (secondary N) is 1. The van der Waals surface area contributed by atoms with Gasteiger partial charge in [-0.2, -0.15) is 11.3 Å². The highest BCUT2D eigenvalue weighted by Gasteiger charge is 2.22. The van der Waals surface area contributed by atoms with Crippen LogP contribution in [0.3, 0.4) is 0 Å². The first-order valence-electron chi connectivity index (χ1n) is 10.4. The molecule has 8 nitrogen and oxygen atoms in total. The van der Waals surface area contributed by atoms with Gasteiger partial charge in [-0.05, 0) is 76.3 Å². The molecular formula is C24H23N3O5S2. The van der Waals surface area contributed by atoms with Gasteiger partial charge in [-0.3, -0.25) is 4.79 Å². The molecule has 2 N–H and O–H groups in total. The number of carbonyl (C=O) groups is 2. The lowest BCUT2D eigenvalue weighted by Gasteiger charge is -2.13. The van der Waals surface area contributed by atoms with Gasteiger partial charge in [0, 0.05) is 37.8 Å². The van der Waals surface area contributed by atoms with Crippen molar-refractivity contribution in [3.8, 4) is 11.1 Å². The summed E-state index contributed by atoms with van der Waals surface area (Å²) < 4.78 is 28.2. The number of aliphatic carboxylic acids is 1. The third kappa shape index (κ3) is 4.68. The summed E-state index contributed by atoms with van der Waals surface area (Å²) in [6, 6.07) is 13.1. The van der Waals surface area contributed by atoms with Crippen molar-refractivity contribution in [3.05, 3.63) is 71.1 Å². The molecule has 2 aromatic heterocycles. The number of fused-ring (bicyclic) bond motifs is 1. The van der Waals surface area contributed by atoms with Crippen molar-refractivity contribution in [2.24, 2.45) is 0 Å². The Balaban J connectivity index is 1.76. The van der Waals surface area contributed by atoms with Crippen LogP contribution in [0.1, 0.15) is 12.0 Å². The van der Waals surface area contributed by atoms with E-state index in [1.165, 1.54) is 39.3 Å². The highest BCUT2D eigenvalue weighted by Crippen LogP contribution is 2.32. The molecule has 0 fully saturated rings. The van der Waals surface area contributed by atoms with Crippen molar-refractivity contribution >= 4 is 50.0 Å². The van der Waals surface area contributed by atoms with Crippen LogP contribution in [-0.4, -0.2) is 48.5 Å². The van der Waals surface area contributed by atoms with E-state index in [2.05, 4.69) is 5.32 Å². The van der Waals surface area contributed by atoms with Crippen LogP contribution in [0.5, 0.6) is 0 Å². The second-order valence-corrected chi connectivity index (χ2v) is 10.5. The van der Waals surface area contributed by atoms with E-state index in [4.69, 9.17) is 5.11 Å². The number of thiophene rings is 1. The van der Waals surface area contributed by atoms with Gasteiger partial charge in [0.2, 0.25) is 0 Å². The minimum atomic E-state index is -3.96. The van der Waals surface area contributed by atoms with Crippen LogP contribution in [-0.2, 0) is 21.2 Å². The highest BCUT2D eigenvalue weighted by atomic mass is 32.2. The number of aryl methyl sites for hydroxylation is 1. The summed E-state index contributed by atoms with van der Waals surface area (Å²) in [7, 11) is -0.747. The van der Waals surface area contributed by atoms with Gasteiger partial charge in [0.1, 0.15) is 0 Å². The molecule has 10 heteroatoms. The fraction of sp³-hybridized carbons (Fsp3) is 0.167. The van der Waals surface area contributed by atoms with Crippen LogP contribution in [0.25, 0.3) is 22.0 Å². The molecule has 0 radical (unpaired) electrons. The number of nitrogens with zero attached hydrogens (tertiary/aromatic N) is 2. The number of benzene rings is 2. The molecule has 2 aromatic carbocycles. The summed E-state index contributed by atoms with van der Waals surface area (Å²) >= 11 is 1.56. The smallest absolute Gasteiger partial charge is 0.321 e. The zero-order chi connectivity index (χ0) is 24.5. The molecule has 176 valence electrons. The summed E-state index contributed by atoms with van der Waals surface area (Å²) in [6.45, 7) is 0. The minimum absolute atomic E-state index is 0.0546. The van der Waals surface area contributed by atoms with Crippen LogP contribution in [0.15, 0.2) is 70.4 Å². The second kappa shape index (κ2) is 9.32. The third-order valence-corrected chi connectivity index (χ3v) is 7.76. The summed E-state index contributed by atoms with van der Waals surface area (Å²) in [4.78, 5) is 24.4. The van der Waals surface area contributed by atoms with Crippen LogP contribution in [0.4, 0.5) is 10.5 Å². The number of aromatic nitrogens is 1. The van der Waals surface area contributed by atoms with Gasteiger partial charge >= 0.3 is 12.0 Å². The summed E-state index contributed by atoms with van der Waals surface area (Å²) in [5.41, 5.74) is 3.54. The van der Waals surface area contributed by atoms with Crippen LogP contribution < -0.4 is 5.32 Å². The first kappa shape index (κ1) is 23.5. The average molecular weight is 498 g/mol. The lowest BCUT2D eigenvalue weighted by molar-refractivity contribution is -0.136. The maximum absolute atomic E-state index is 13.5. The molecule has 2 heterocycles. The van der Waals surface area contributed by atoms with Gasteiger partial charge in [-0.15, -0.1) is 0 Å². The quantitative estimate of drug-likeness (QED) is 0.384. The molecule has 0 aliphatic rings. The molecule has 0 saturated heterocycles. The first-order valence-corrected chi connectivity index (χ1v) is 12.8. The van der Waals surface area contributed by atoms with Gasteiger partial charge in [-0.25, -0.2) is 17.2 Å². The minimum Gasteiger partial charge on any atom is -0.481 e. The van der Waals surface area contributed by atoms with Gasteiger partial charge in [-0.1, -0.05) is 6.07 Å². The van der Waals surface area contributed by atoms with Crippen molar-refractivity contribution in [2.75, 3.05) is 19.4 Å². The van der Waals surface area contributed by atoms with Crippen molar-refractivity contribution in [1.29, 1.82) is 0 Å². The molecule has 0 aliphatic carbocycles. The zero-order valence-electron chi connectivity index (χ0n) is 18.6. The predicted octanol–water partition coefficient (Wildman–Crippen LogP) is 4.72. The Labute approximate surface area is 201 Å². The Morgan fingerprint density at radius 2 is 1.79 bits per heavy atom. The van der Waals surface area contributed by atoms with Crippen molar-refractivity contribution in [1.82, 2.24) is 8.87 Å². The Kier molecular flexibility index (Phi) is 6.45. The fourth-order valence-electron chi connectivity index (χ4n) is 3.57. The average Bonchev–Trinajstić information content (AvgIpc) is 3.46. The number of hydrogen-bond acceptors (Lipinski definition) is 5. The number of carboxylic acid groups (broad SMARTS) is 1. The Morgan fingerprint density at radius 1 is 1.06 bits per heavy atom. The van der Waals surface area contributed by atoms with Gasteiger partial charge < -0.3 is 15.3 Å². The molecule has 34 heavy (non-hydrogen) atoms. The molecule has 0 bridgehead atoms. The molecule has 0 saturated carbocycles. The molecular weight excluding hydrogens is 474 g/mol. The molecule has 0 unspecified atom stereocenters. The number of urea groups is 1. The number of rotatable bonds is 7. The normalized spacial score (nSPS) is 11.5. The summed E-state index contributed by atoms with van der Waals surface area (Å²) in [5, 5.41) is 16.5. The summed E-state index contributed by atoms with van der Waals surface area (Å²) in [6.07, 6.45) is 1.60. The van der Waals surface area contributed by atoms with Crippen molar-refractivity contribution in [2.45, 2.75) is 17.7 Å². The number of carboxylic acids is 1. The van der Waals surface area contributed by atoms with Gasteiger partial charge in [0.05, 0.1) is 10.4 Å². The van der Waals surface area contributed by atoms with E-state index < -0.39 is 16.0 Å². The van der Waals surface area contributed by atoms with Crippen molar-refractivity contribution < 1.29 is 23.1 Å². The number of carbonyl (C=O) groups excluding carboxylic acids is 1. The molecule has 0 aliphatic heterocycles. The van der Waals surface area contributed by atoms with E-state index in [1.807, 2.05) is 29.0 Å². The molecule has 4 aromatic rings. The SMILES string of the molecule is CN(C)C(=O)Nc1ccc(S(=O)(=O)n2cc(CCC(=O)O)c3cc(-c4ccsc4)ccc32)cc1. The second-order valence-electron chi connectivity index (χ2n) is 7.94. The van der Waals surface area contributed by atoms with E-state index in [-0.39, 0.29) is 23.8 Å². The Morgan fingerprint density at radius 3 is 2.41 bits per heavy atom. The topological polar surface area (TPSA) is 109 Å². The van der Waals surface area contributed by atoms with Crippen LogP contribution >= 0.6 is 11.3 Å². The largest absolute Gasteiger partial charge is 0.481 e. The maximum Gasteiger partial charge on any atom is 0.321 e. The highest BCUT2D eigenvalue weighted by molar-refractivity contribution is 7.90. The molecule has 0 spiro atoms. The number of hydrogen-bond donors (Lipinski definition) is 2. The summed E-state index contributed by atoms with van der Waals surface area (Å²) in [5.74, 6) is -0.951. The van der Waals surface area contributed by atoms with Crippen LogP contribution in [0.2, 0.25) is 0 Å². The fourth-order valence-corrected chi connectivity index (χ4v) is 5.63.